The number of H-pyrrole nitrogens is 1. The summed E-state index contributed by atoms with van der Waals surface area (Å²) in [4.78, 5) is 29.0. The molecule has 0 fully saturated rings. The second kappa shape index (κ2) is 6.75. The van der Waals surface area contributed by atoms with E-state index in [1.807, 2.05) is 24.3 Å². The van der Waals surface area contributed by atoms with Crippen molar-refractivity contribution in [2.24, 2.45) is 0 Å². The molecule has 138 valence electrons. The summed E-state index contributed by atoms with van der Waals surface area (Å²) in [5.74, 6) is -1.39. The first kappa shape index (κ1) is 17.1. The number of hydrogen-bond donors (Lipinski definition) is 3. The van der Waals surface area contributed by atoms with Crippen LogP contribution in [0.4, 0.5) is 9.18 Å². The van der Waals surface area contributed by atoms with Crippen LogP contribution in [-0.2, 0) is 24.3 Å². The zero-order valence-electron chi connectivity index (χ0n) is 14.4. The van der Waals surface area contributed by atoms with Crippen molar-refractivity contribution in [1.29, 1.82) is 0 Å². The average Bonchev–Trinajstić information content (AvgIpc) is 3.04. The molecule has 3 N–H and O–H groups in total. The smallest absolute Gasteiger partial charge is 0.326 e. The summed E-state index contributed by atoms with van der Waals surface area (Å²) < 4.78 is 13.0. The van der Waals surface area contributed by atoms with Gasteiger partial charge in [0.1, 0.15) is 11.9 Å². The van der Waals surface area contributed by atoms with Crippen LogP contribution in [0.5, 0.6) is 0 Å². The number of carbonyl (C=O) groups excluding carboxylic acids is 1. The van der Waals surface area contributed by atoms with Crippen LogP contribution >= 0.6 is 0 Å². The minimum atomic E-state index is -1.04. The monoisotopic (exact) mass is 367 g/mol. The number of urea groups is 1. The van der Waals surface area contributed by atoms with E-state index in [4.69, 9.17) is 0 Å². The Hall–Kier alpha value is -3.35. The summed E-state index contributed by atoms with van der Waals surface area (Å²) in [6, 6.07) is 12.1. The van der Waals surface area contributed by atoms with Gasteiger partial charge in [-0.15, -0.1) is 0 Å². The number of aromatic amines is 1. The molecule has 1 aromatic heterocycles. The molecule has 0 saturated heterocycles. The number of carboxylic acids is 1. The van der Waals surface area contributed by atoms with Gasteiger partial charge in [-0.05, 0) is 29.3 Å². The van der Waals surface area contributed by atoms with Crippen LogP contribution in [0.3, 0.4) is 0 Å². The molecule has 2 amide bonds. The second-order valence-electron chi connectivity index (χ2n) is 6.60. The van der Waals surface area contributed by atoms with E-state index in [9.17, 15) is 19.1 Å². The molecule has 7 heteroatoms. The van der Waals surface area contributed by atoms with E-state index < -0.39 is 18.0 Å². The molecule has 6 nitrogen and oxygen atoms in total. The number of aromatic nitrogens is 1. The first-order chi connectivity index (χ1) is 13.0. The number of nitrogens with one attached hydrogen (secondary N) is 2. The number of aliphatic carboxylic acids is 1. The fourth-order valence-corrected chi connectivity index (χ4v) is 3.52. The van der Waals surface area contributed by atoms with E-state index in [-0.39, 0.29) is 25.3 Å². The average molecular weight is 367 g/mol. The first-order valence-corrected chi connectivity index (χ1v) is 8.63. The summed E-state index contributed by atoms with van der Waals surface area (Å²) in [5, 5.41) is 13.4. The Morgan fingerprint density at radius 1 is 1.19 bits per heavy atom. The molecule has 1 aliphatic heterocycles. The maximum absolute atomic E-state index is 13.0. The number of carbonyl (C=O) groups is 2. The Bertz CT molecular complexity index is 1010. The number of para-hydroxylation sites is 1. The Morgan fingerprint density at radius 2 is 1.93 bits per heavy atom. The highest BCUT2D eigenvalue weighted by Crippen LogP contribution is 2.30. The number of amides is 2. The molecule has 0 spiro atoms. The van der Waals surface area contributed by atoms with E-state index in [0.29, 0.717) is 0 Å². The molecular weight excluding hydrogens is 349 g/mol. The minimum absolute atomic E-state index is 0.191. The fraction of sp³-hybridized carbons (Fsp3) is 0.200. The maximum Gasteiger partial charge on any atom is 0.326 e. The lowest BCUT2D eigenvalue weighted by Gasteiger charge is -2.33. The molecule has 2 heterocycles. The second-order valence-corrected chi connectivity index (χ2v) is 6.60. The Balaban J connectivity index is 1.56. The number of rotatable bonds is 3. The summed E-state index contributed by atoms with van der Waals surface area (Å²) >= 11 is 0. The van der Waals surface area contributed by atoms with Crippen molar-refractivity contribution in [2.75, 3.05) is 0 Å². The van der Waals surface area contributed by atoms with Gasteiger partial charge in [0.2, 0.25) is 0 Å². The summed E-state index contributed by atoms with van der Waals surface area (Å²) in [6.07, 6.45) is 0.249. The highest BCUT2D eigenvalue weighted by atomic mass is 19.1. The number of benzene rings is 2. The van der Waals surface area contributed by atoms with Crippen LogP contribution in [-0.4, -0.2) is 33.0 Å². The van der Waals surface area contributed by atoms with Gasteiger partial charge in [-0.1, -0.05) is 30.3 Å². The molecule has 27 heavy (non-hydrogen) atoms. The van der Waals surface area contributed by atoms with Crippen molar-refractivity contribution in [3.63, 3.8) is 0 Å². The van der Waals surface area contributed by atoms with Crippen molar-refractivity contribution in [2.45, 2.75) is 25.6 Å². The summed E-state index contributed by atoms with van der Waals surface area (Å²) in [6.45, 7) is 0.387. The van der Waals surface area contributed by atoms with Crippen molar-refractivity contribution >= 4 is 22.9 Å². The minimum Gasteiger partial charge on any atom is -0.480 e. The lowest BCUT2D eigenvalue weighted by molar-refractivity contribution is -0.142. The highest BCUT2D eigenvalue weighted by molar-refractivity contribution is 5.89. The Kier molecular flexibility index (Phi) is 4.27. The number of carboxylic acid groups (broad SMARTS) is 1. The van der Waals surface area contributed by atoms with E-state index in [2.05, 4.69) is 10.3 Å². The topological polar surface area (TPSA) is 85.4 Å². The predicted molar refractivity (Wildman–Crippen MR) is 97.6 cm³/mol. The lowest BCUT2D eigenvalue weighted by atomic mass is 9.97. The van der Waals surface area contributed by atoms with Crippen molar-refractivity contribution in [3.05, 3.63) is 71.2 Å². The highest BCUT2D eigenvalue weighted by Gasteiger charge is 2.36. The first-order valence-electron chi connectivity index (χ1n) is 8.63. The van der Waals surface area contributed by atoms with Crippen LogP contribution in [0.2, 0.25) is 0 Å². The van der Waals surface area contributed by atoms with Crippen LogP contribution in [0.25, 0.3) is 10.9 Å². The third-order valence-corrected chi connectivity index (χ3v) is 4.91. The van der Waals surface area contributed by atoms with Gasteiger partial charge < -0.3 is 20.3 Å². The third kappa shape index (κ3) is 3.23. The van der Waals surface area contributed by atoms with E-state index >= 15 is 0 Å². The van der Waals surface area contributed by atoms with Gasteiger partial charge in [0, 0.05) is 29.6 Å². The standard InChI is InChI=1S/C20H18FN3O3/c21-13-7-5-12(6-8-13)10-22-20(27)24-11-17-15(9-18(24)19(25)26)14-3-1-2-4-16(14)23-17/h1-8,18,23H,9-11H2,(H,22,27)(H,25,26). The fourth-order valence-electron chi connectivity index (χ4n) is 3.52. The number of nitrogens with zero attached hydrogens (tertiary/aromatic N) is 1. The van der Waals surface area contributed by atoms with Gasteiger partial charge >= 0.3 is 12.0 Å². The van der Waals surface area contributed by atoms with Crippen molar-refractivity contribution < 1.29 is 19.1 Å². The molecule has 0 aliphatic carbocycles. The molecule has 1 unspecified atom stereocenters. The molecule has 3 aromatic rings. The Labute approximate surface area is 154 Å². The molecule has 1 aliphatic rings. The van der Waals surface area contributed by atoms with Gasteiger partial charge in [-0.2, -0.15) is 0 Å². The molecule has 2 aromatic carbocycles. The van der Waals surface area contributed by atoms with Crippen molar-refractivity contribution in [3.8, 4) is 0 Å². The number of fused-ring (bicyclic) bond motifs is 3. The maximum atomic E-state index is 13.0. The zero-order valence-corrected chi connectivity index (χ0v) is 14.4. The lowest BCUT2D eigenvalue weighted by Crippen LogP contribution is -2.52. The Morgan fingerprint density at radius 3 is 2.67 bits per heavy atom. The molecule has 4 rings (SSSR count). The number of halogens is 1. The SMILES string of the molecule is O=C(O)C1Cc2c([nH]c3ccccc23)CN1C(=O)NCc1ccc(F)cc1. The largest absolute Gasteiger partial charge is 0.480 e. The van der Waals surface area contributed by atoms with E-state index in [1.165, 1.54) is 17.0 Å². The van der Waals surface area contributed by atoms with Crippen LogP contribution in [0, 0.1) is 5.82 Å². The van der Waals surface area contributed by atoms with Gasteiger partial charge in [0.15, 0.2) is 0 Å². The summed E-state index contributed by atoms with van der Waals surface area (Å²) in [5.41, 5.74) is 3.46. The quantitative estimate of drug-likeness (QED) is 0.665. The molecule has 0 saturated carbocycles. The molecule has 1 atom stereocenters. The molecule has 0 radical (unpaired) electrons. The normalized spacial score (nSPS) is 16.2. The van der Waals surface area contributed by atoms with Crippen LogP contribution < -0.4 is 5.32 Å². The van der Waals surface area contributed by atoms with E-state index in [0.717, 1.165) is 27.7 Å². The zero-order chi connectivity index (χ0) is 19.0. The summed E-state index contributed by atoms with van der Waals surface area (Å²) in [7, 11) is 0. The van der Waals surface area contributed by atoms with Gasteiger partial charge in [0.25, 0.3) is 0 Å². The van der Waals surface area contributed by atoms with Crippen molar-refractivity contribution in [1.82, 2.24) is 15.2 Å². The van der Waals surface area contributed by atoms with E-state index in [1.54, 1.807) is 12.1 Å². The van der Waals surface area contributed by atoms with Crippen LogP contribution in [0.15, 0.2) is 48.5 Å². The van der Waals surface area contributed by atoms with Crippen LogP contribution in [0.1, 0.15) is 16.8 Å². The molecule has 0 bridgehead atoms. The van der Waals surface area contributed by atoms with Gasteiger partial charge in [0.05, 0.1) is 6.54 Å². The third-order valence-electron chi connectivity index (χ3n) is 4.91. The predicted octanol–water partition coefficient (Wildman–Crippen LogP) is 3.03. The molecular formula is C20H18FN3O3. The van der Waals surface area contributed by atoms with Gasteiger partial charge in [-0.25, -0.2) is 14.0 Å². The number of hydrogen-bond acceptors (Lipinski definition) is 2. The van der Waals surface area contributed by atoms with Gasteiger partial charge in [-0.3, -0.25) is 0 Å².